The van der Waals surface area contributed by atoms with Crippen LogP contribution in [0.4, 0.5) is 0 Å². The van der Waals surface area contributed by atoms with Crippen molar-refractivity contribution in [1.29, 1.82) is 0 Å². The summed E-state index contributed by atoms with van der Waals surface area (Å²) < 4.78 is 0. The molecule has 1 nitrogen and oxygen atoms in total. The summed E-state index contributed by atoms with van der Waals surface area (Å²) in [5.74, 6) is 0. The van der Waals surface area contributed by atoms with Crippen molar-refractivity contribution in [2.24, 2.45) is 0 Å². The molecular weight excluding hydrogens is 220 g/mol. The van der Waals surface area contributed by atoms with Gasteiger partial charge < -0.3 is 0 Å². The normalized spacial score (nSPS) is 10.4. The highest BCUT2D eigenvalue weighted by molar-refractivity contribution is 6.67. The van der Waals surface area contributed by atoms with Gasteiger partial charge in [-0.25, -0.2) is 0 Å². The van der Waals surface area contributed by atoms with Crippen LogP contribution in [0.15, 0.2) is 12.2 Å². The minimum Gasteiger partial charge on any atom is -0.276 e. The van der Waals surface area contributed by atoms with E-state index in [0.717, 1.165) is 12.8 Å². The summed E-state index contributed by atoms with van der Waals surface area (Å²) >= 11 is 5.30. The van der Waals surface area contributed by atoms with Crippen molar-refractivity contribution in [3.63, 3.8) is 0 Å². The molecule has 0 unspecified atom stereocenters. The number of allylic oxidation sites excluding steroid dienone is 1. The van der Waals surface area contributed by atoms with Crippen LogP contribution in [0.25, 0.3) is 0 Å². The molecule has 0 rings (SSSR count). The van der Waals surface area contributed by atoms with E-state index >= 15 is 0 Å². The highest BCUT2D eigenvalue weighted by Crippen LogP contribution is 2.13. The lowest BCUT2D eigenvalue weighted by atomic mass is 10.0. The van der Waals surface area contributed by atoms with Gasteiger partial charge in [-0.1, -0.05) is 64.9 Å². The predicted octanol–water partition coefficient (Wildman–Crippen LogP) is 5.23. The molecule has 0 aliphatic rings. The molecule has 0 bridgehead atoms. The molecule has 0 atom stereocenters. The van der Waals surface area contributed by atoms with Crippen molar-refractivity contribution in [3.05, 3.63) is 12.2 Å². The monoisotopic (exact) mass is 244 g/mol. The minimum absolute atomic E-state index is 0.375. The van der Waals surface area contributed by atoms with Crippen LogP contribution in [0.5, 0.6) is 0 Å². The summed E-state index contributed by atoms with van der Waals surface area (Å²) in [7, 11) is 0. The van der Waals surface area contributed by atoms with Crippen LogP contribution >= 0.6 is 11.6 Å². The third kappa shape index (κ3) is 10.2. The molecule has 0 fully saturated rings. The van der Waals surface area contributed by atoms with Gasteiger partial charge in [-0.3, -0.25) is 4.79 Å². The summed E-state index contributed by atoms with van der Waals surface area (Å²) in [4.78, 5) is 10.7. The first-order valence-corrected chi connectivity index (χ1v) is 6.94. The topological polar surface area (TPSA) is 17.1 Å². The Hall–Kier alpha value is -0.300. The molecule has 94 valence electrons. The Morgan fingerprint density at radius 2 is 1.38 bits per heavy atom. The third-order valence-corrected chi connectivity index (χ3v) is 3.13. The molecular formula is C14H25ClO. The summed E-state index contributed by atoms with van der Waals surface area (Å²) in [6.07, 6.45) is 12.4. The smallest absolute Gasteiger partial charge is 0.247 e. The summed E-state index contributed by atoms with van der Waals surface area (Å²) in [5.41, 5.74) is 0.560. The first-order chi connectivity index (χ1) is 7.68. The Bertz CT molecular complexity index is 199. The van der Waals surface area contributed by atoms with Crippen molar-refractivity contribution in [3.8, 4) is 0 Å². The van der Waals surface area contributed by atoms with E-state index in [2.05, 4.69) is 13.5 Å². The van der Waals surface area contributed by atoms with E-state index in [1.165, 1.54) is 51.4 Å². The average molecular weight is 245 g/mol. The second-order valence-electron chi connectivity index (χ2n) is 4.46. The van der Waals surface area contributed by atoms with E-state index in [4.69, 9.17) is 11.6 Å². The average Bonchev–Trinajstić information content (AvgIpc) is 2.26. The van der Waals surface area contributed by atoms with Crippen LogP contribution in [0.2, 0.25) is 0 Å². The standard InChI is InChI=1S/C14H25ClO/c1-3-4-5-6-7-8-9-10-11-12-13(2)14(15)16/h2-12H2,1H3. The molecule has 0 heterocycles. The number of carbonyl (C=O) groups is 1. The van der Waals surface area contributed by atoms with Crippen LogP contribution < -0.4 is 0 Å². The highest BCUT2D eigenvalue weighted by atomic mass is 35.5. The quantitative estimate of drug-likeness (QED) is 0.276. The Morgan fingerprint density at radius 3 is 1.81 bits per heavy atom. The molecule has 0 aromatic carbocycles. The maximum absolute atomic E-state index is 10.7. The molecule has 0 spiro atoms. The van der Waals surface area contributed by atoms with E-state index in [0.29, 0.717) is 5.57 Å². The van der Waals surface area contributed by atoms with Gasteiger partial charge in [0.05, 0.1) is 0 Å². The van der Waals surface area contributed by atoms with Crippen molar-refractivity contribution in [1.82, 2.24) is 0 Å². The SMILES string of the molecule is C=C(CCCCCCCCCCC)C(=O)Cl. The lowest BCUT2D eigenvalue weighted by Gasteiger charge is -2.02. The lowest BCUT2D eigenvalue weighted by Crippen LogP contribution is -1.91. The van der Waals surface area contributed by atoms with Crippen molar-refractivity contribution in [2.45, 2.75) is 71.1 Å². The molecule has 0 aliphatic heterocycles. The van der Waals surface area contributed by atoms with Crippen LogP contribution in [0.1, 0.15) is 71.1 Å². The molecule has 2 heteroatoms. The number of halogens is 1. The maximum Gasteiger partial charge on any atom is 0.247 e. The fourth-order valence-corrected chi connectivity index (χ4v) is 1.84. The first-order valence-electron chi connectivity index (χ1n) is 6.56. The Labute approximate surface area is 105 Å². The van der Waals surface area contributed by atoms with Crippen molar-refractivity contribution in [2.75, 3.05) is 0 Å². The fourth-order valence-electron chi connectivity index (χ4n) is 1.75. The summed E-state index contributed by atoms with van der Waals surface area (Å²) in [6, 6.07) is 0. The molecule has 0 aromatic rings. The Morgan fingerprint density at radius 1 is 0.938 bits per heavy atom. The zero-order valence-corrected chi connectivity index (χ0v) is 11.3. The summed E-state index contributed by atoms with van der Waals surface area (Å²) in [6.45, 7) is 5.88. The van der Waals surface area contributed by atoms with Crippen molar-refractivity contribution < 1.29 is 4.79 Å². The number of hydrogen-bond donors (Lipinski definition) is 0. The number of hydrogen-bond acceptors (Lipinski definition) is 1. The second kappa shape index (κ2) is 11.2. The van der Waals surface area contributed by atoms with Crippen molar-refractivity contribution >= 4 is 16.8 Å². The third-order valence-electron chi connectivity index (χ3n) is 2.86. The minimum atomic E-state index is -0.375. The zero-order chi connectivity index (χ0) is 12.2. The lowest BCUT2D eigenvalue weighted by molar-refractivity contribution is -0.108. The van der Waals surface area contributed by atoms with Gasteiger partial charge in [-0.2, -0.15) is 0 Å². The van der Waals surface area contributed by atoms with Crippen LogP contribution in [-0.4, -0.2) is 5.24 Å². The predicted molar refractivity (Wildman–Crippen MR) is 71.8 cm³/mol. The molecule has 16 heavy (non-hydrogen) atoms. The van der Waals surface area contributed by atoms with E-state index < -0.39 is 0 Å². The molecule has 0 radical (unpaired) electrons. The largest absolute Gasteiger partial charge is 0.276 e. The molecule has 0 saturated carbocycles. The maximum atomic E-state index is 10.7. The van der Waals surface area contributed by atoms with E-state index in [9.17, 15) is 4.79 Å². The molecule has 0 saturated heterocycles. The molecule has 0 N–H and O–H groups in total. The number of unbranched alkanes of at least 4 members (excludes halogenated alkanes) is 8. The summed E-state index contributed by atoms with van der Waals surface area (Å²) in [5, 5.41) is -0.375. The molecule has 0 amide bonds. The van der Waals surface area contributed by atoms with Gasteiger partial charge in [0, 0.05) is 5.57 Å². The Balaban J connectivity index is 3.10. The van der Waals surface area contributed by atoms with E-state index in [1.807, 2.05) is 0 Å². The van der Waals surface area contributed by atoms with Crippen LogP contribution in [0.3, 0.4) is 0 Å². The van der Waals surface area contributed by atoms with Gasteiger partial charge in [-0.05, 0) is 24.4 Å². The Kier molecular flexibility index (Phi) is 11.0. The number of carbonyl (C=O) groups excluding carboxylic acids is 1. The number of rotatable bonds is 11. The fraction of sp³-hybridized carbons (Fsp3) is 0.786. The second-order valence-corrected chi connectivity index (χ2v) is 4.80. The van der Waals surface area contributed by atoms with Gasteiger partial charge in [0.1, 0.15) is 0 Å². The van der Waals surface area contributed by atoms with Crippen LogP contribution in [0, 0.1) is 0 Å². The van der Waals surface area contributed by atoms with Crippen LogP contribution in [-0.2, 0) is 4.79 Å². The van der Waals surface area contributed by atoms with E-state index in [-0.39, 0.29) is 5.24 Å². The zero-order valence-electron chi connectivity index (χ0n) is 10.6. The first kappa shape index (κ1) is 15.7. The van der Waals surface area contributed by atoms with Gasteiger partial charge in [0.25, 0.3) is 0 Å². The van der Waals surface area contributed by atoms with Gasteiger partial charge in [0.15, 0.2) is 0 Å². The molecule has 0 aromatic heterocycles. The highest BCUT2D eigenvalue weighted by Gasteiger charge is 2.01. The van der Waals surface area contributed by atoms with Gasteiger partial charge in [-0.15, -0.1) is 0 Å². The van der Waals surface area contributed by atoms with Gasteiger partial charge >= 0.3 is 0 Å². The molecule has 0 aliphatic carbocycles. The van der Waals surface area contributed by atoms with Gasteiger partial charge in [0.2, 0.25) is 5.24 Å². The van der Waals surface area contributed by atoms with E-state index in [1.54, 1.807) is 0 Å².